The van der Waals surface area contributed by atoms with Gasteiger partial charge in [0.1, 0.15) is 5.69 Å². The number of nitrogens with zero attached hydrogens (tertiary/aromatic N) is 1. The van der Waals surface area contributed by atoms with E-state index in [0.29, 0.717) is 37.9 Å². The quantitative estimate of drug-likeness (QED) is 0.349. The number of rotatable bonds is 4. The highest BCUT2D eigenvalue weighted by molar-refractivity contribution is 6.42. The van der Waals surface area contributed by atoms with Gasteiger partial charge in [0.05, 0.1) is 5.52 Å². The molecule has 0 spiro atoms. The number of para-hydroxylation sites is 1. The van der Waals surface area contributed by atoms with E-state index in [2.05, 4.69) is 16.1 Å². The molecule has 0 unspecified atom stereocenters. The SMILES string of the molecule is Cc1c(Cl)cccc1NC(=O)c1cc2cc(Cl)ccc2n1NC(=O)C(=O)Nc1ccccc1. The molecule has 0 fully saturated rings. The molecule has 4 rings (SSSR count). The average Bonchev–Trinajstić information content (AvgIpc) is 3.15. The highest BCUT2D eigenvalue weighted by Gasteiger charge is 2.21. The van der Waals surface area contributed by atoms with Crippen molar-refractivity contribution >= 4 is 63.2 Å². The van der Waals surface area contributed by atoms with Crippen LogP contribution in [0.15, 0.2) is 72.8 Å². The molecule has 33 heavy (non-hydrogen) atoms. The molecule has 0 atom stereocenters. The number of hydrogen-bond acceptors (Lipinski definition) is 3. The van der Waals surface area contributed by atoms with Gasteiger partial charge in [-0.2, -0.15) is 0 Å². The van der Waals surface area contributed by atoms with Gasteiger partial charge in [-0.05, 0) is 61.0 Å². The van der Waals surface area contributed by atoms with Crippen LogP contribution >= 0.6 is 23.2 Å². The summed E-state index contributed by atoms with van der Waals surface area (Å²) in [4.78, 5) is 38.2. The van der Waals surface area contributed by atoms with E-state index in [-0.39, 0.29) is 5.69 Å². The number of nitrogens with one attached hydrogen (secondary N) is 3. The summed E-state index contributed by atoms with van der Waals surface area (Å²) < 4.78 is 1.26. The molecule has 7 nitrogen and oxygen atoms in total. The highest BCUT2D eigenvalue weighted by atomic mass is 35.5. The number of hydrogen-bond donors (Lipinski definition) is 3. The summed E-state index contributed by atoms with van der Waals surface area (Å²) in [6.45, 7) is 1.78. The third-order valence-electron chi connectivity index (χ3n) is 4.96. The number of anilines is 2. The van der Waals surface area contributed by atoms with Crippen LogP contribution in [0, 0.1) is 6.92 Å². The zero-order valence-corrected chi connectivity index (χ0v) is 18.9. The predicted octanol–water partition coefficient (Wildman–Crippen LogP) is 5.22. The number of fused-ring (bicyclic) bond motifs is 1. The Kier molecular flexibility index (Phi) is 6.35. The van der Waals surface area contributed by atoms with Crippen LogP contribution in [-0.4, -0.2) is 22.4 Å². The second-order valence-corrected chi connectivity index (χ2v) is 8.04. The Morgan fingerprint density at radius 2 is 1.58 bits per heavy atom. The molecule has 3 aromatic carbocycles. The standard InChI is InChI=1S/C24H18Cl2N4O3/c1-14-18(26)8-5-9-19(14)28-22(31)21-13-15-12-16(25)10-11-20(15)30(21)29-24(33)23(32)27-17-6-3-2-4-7-17/h2-13H,1H3,(H,27,32)(H,28,31)(H,29,33). The molecule has 1 heterocycles. The van der Waals surface area contributed by atoms with E-state index >= 15 is 0 Å². The second-order valence-electron chi connectivity index (χ2n) is 7.20. The lowest BCUT2D eigenvalue weighted by Crippen LogP contribution is -2.36. The van der Waals surface area contributed by atoms with E-state index in [4.69, 9.17) is 23.2 Å². The van der Waals surface area contributed by atoms with Gasteiger partial charge >= 0.3 is 11.8 Å². The van der Waals surface area contributed by atoms with Gasteiger partial charge in [0.25, 0.3) is 5.91 Å². The molecule has 9 heteroatoms. The lowest BCUT2D eigenvalue weighted by atomic mass is 10.2. The van der Waals surface area contributed by atoms with Crippen molar-refractivity contribution in [3.63, 3.8) is 0 Å². The lowest BCUT2D eigenvalue weighted by molar-refractivity contribution is -0.133. The van der Waals surface area contributed by atoms with E-state index in [9.17, 15) is 14.4 Å². The number of amides is 3. The minimum absolute atomic E-state index is 0.104. The van der Waals surface area contributed by atoms with Crippen molar-refractivity contribution in [3.05, 3.63) is 94.1 Å². The molecule has 3 amide bonds. The molecule has 0 saturated heterocycles. The zero-order chi connectivity index (χ0) is 23.5. The van der Waals surface area contributed by atoms with Crippen LogP contribution in [0.1, 0.15) is 16.1 Å². The zero-order valence-electron chi connectivity index (χ0n) is 17.4. The third-order valence-corrected chi connectivity index (χ3v) is 5.61. The summed E-state index contributed by atoms with van der Waals surface area (Å²) in [6, 6.07) is 20.2. The molecule has 0 aliphatic heterocycles. The van der Waals surface area contributed by atoms with Crippen molar-refractivity contribution in [1.29, 1.82) is 0 Å². The minimum atomic E-state index is -0.945. The fraction of sp³-hybridized carbons (Fsp3) is 0.0417. The normalized spacial score (nSPS) is 10.6. The van der Waals surface area contributed by atoms with Crippen molar-refractivity contribution < 1.29 is 14.4 Å². The Morgan fingerprint density at radius 1 is 0.818 bits per heavy atom. The van der Waals surface area contributed by atoms with Gasteiger partial charge in [-0.25, -0.2) is 4.68 Å². The summed E-state index contributed by atoms with van der Waals surface area (Å²) in [5.74, 6) is -2.33. The summed E-state index contributed by atoms with van der Waals surface area (Å²) in [5.41, 5.74) is 4.79. The van der Waals surface area contributed by atoms with Crippen LogP contribution in [0.25, 0.3) is 10.9 Å². The van der Waals surface area contributed by atoms with E-state index < -0.39 is 17.7 Å². The van der Waals surface area contributed by atoms with Crippen LogP contribution in [0.4, 0.5) is 11.4 Å². The van der Waals surface area contributed by atoms with Crippen molar-refractivity contribution in [2.45, 2.75) is 6.92 Å². The number of halogens is 2. The van der Waals surface area contributed by atoms with E-state index in [0.717, 1.165) is 0 Å². The van der Waals surface area contributed by atoms with E-state index in [1.165, 1.54) is 4.68 Å². The molecular formula is C24H18Cl2N4O3. The molecular weight excluding hydrogens is 463 g/mol. The molecule has 166 valence electrons. The largest absolute Gasteiger partial charge is 0.328 e. The monoisotopic (exact) mass is 480 g/mol. The number of benzene rings is 3. The Hall–Kier alpha value is -3.81. The van der Waals surface area contributed by atoms with Crippen molar-refractivity contribution in [3.8, 4) is 0 Å². The first kappa shape index (κ1) is 22.4. The number of aromatic nitrogens is 1. The Bertz CT molecular complexity index is 1380. The molecule has 0 aliphatic carbocycles. The Balaban J connectivity index is 1.65. The number of carbonyl (C=O) groups excluding carboxylic acids is 3. The maximum Gasteiger partial charge on any atom is 0.328 e. The van der Waals surface area contributed by atoms with Crippen molar-refractivity contribution in [2.24, 2.45) is 0 Å². The van der Waals surface area contributed by atoms with Gasteiger partial charge in [0.15, 0.2) is 0 Å². The minimum Gasteiger partial charge on any atom is -0.320 e. The van der Waals surface area contributed by atoms with E-state index in [1.807, 2.05) is 0 Å². The summed E-state index contributed by atoms with van der Waals surface area (Å²) in [5, 5.41) is 6.89. The highest BCUT2D eigenvalue weighted by Crippen LogP contribution is 2.26. The van der Waals surface area contributed by atoms with Gasteiger partial charge in [-0.3, -0.25) is 19.8 Å². The van der Waals surface area contributed by atoms with Gasteiger partial charge < -0.3 is 10.6 Å². The molecule has 4 aromatic rings. The maximum absolute atomic E-state index is 13.1. The van der Waals surface area contributed by atoms with Crippen LogP contribution in [0.3, 0.4) is 0 Å². The first-order chi connectivity index (χ1) is 15.8. The van der Waals surface area contributed by atoms with Gasteiger partial charge in [0, 0.05) is 26.8 Å². The fourth-order valence-electron chi connectivity index (χ4n) is 3.26. The van der Waals surface area contributed by atoms with Gasteiger partial charge in [-0.1, -0.05) is 47.5 Å². The summed E-state index contributed by atoms with van der Waals surface area (Å²) >= 11 is 12.3. The van der Waals surface area contributed by atoms with Crippen LogP contribution in [-0.2, 0) is 9.59 Å². The van der Waals surface area contributed by atoms with Crippen molar-refractivity contribution in [1.82, 2.24) is 4.68 Å². The Morgan fingerprint density at radius 3 is 2.33 bits per heavy atom. The molecule has 0 aliphatic rings. The van der Waals surface area contributed by atoms with Crippen LogP contribution in [0.5, 0.6) is 0 Å². The van der Waals surface area contributed by atoms with Crippen LogP contribution < -0.4 is 16.1 Å². The molecule has 3 N–H and O–H groups in total. The number of carbonyl (C=O) groups is 3. The molecule has 0 saturated carbocycles. The third kappa shape index (κ3) is 4.84. The molecule has 0 radical (unpaired) electrons. The predicted molar refractivity (Wildman–Crippen MR) is 131 cm³/mol. The second kappa shape index (κ2) is 9.36. The maximum atomic E-state index is 13.1. The topological polar surface area (TPSA) is 92.2 Å². The van der Waals surface area contributed by atoms with Crippen LogP contribution in [0.2, 0.25) is 10.0 Å². The first-order valence-corrected chi connectivity index (χ1v) is 10.6. The van der Waals surface area contributed by atoms with Gasteiger partial charge in [0.2, 0.25) is 0 Å². The summed E-state index contributed by atoms with van der Waals surface area (Å²) in [6.07, 6.45) is 0. The van der Waals surface area contributed by atoms with Crippen molar-refractivity contribution in [2.75, 3.05) is 16.1 Å². The van der Waals surface area contributed by atoms with E-state index in [1.54, 1.807) is 79.7 Å². The molecule has 1 aromatic heterocycles. The first-order valence-electron chi connectivity index (χ1n) is 9.88. The summed E-state index contributed by atoms with van der Waals surface area (Å²) in [7, 11) is 0. The average molecular weight is 481 g/mol. The Labute approximate surface area is 199 Å². The fourth-order valence-corrected chi connectivity index (χ4v) is 3.62. The lowest BCUT2D eigenvalue weighted by Gasteiger charge is -2.14. The van der Waals surface area contributed by atoms with Gasteiger partial charge in [-0.15, -0.1) is 0 Å². The smallest absolute Gasteiger partial charge is 0.320 e. The molecule has 0 bridgehead atoms.